The zero-order valence-corrected chi connectivity index (χ0v) is 11.7. The zero-order chi connectivity index (χ0) is 13.3. The first-order chi connectivity index (χ1) is 7.72. The van der Waals surface area contributed by atoms with Crippen molar-refractivity contribution >= 4 is 38.8 Å². The van der Waals surface area contributed by atoms with Crippen LogP contribution in [-0.2, 0) is 9.84 Å². The Labute approximate surface area is 111 Å². The molecule has 0 N–H and O–H groups in total. The van der Waals surface area contributed by atoms with Crippen LogP contribution < -0.4 is 0 Å². The Kier molecular flexibility index (Phi) is 4.23. The van der Waals surface area contributed by atoms with E-state index in [0.29, 0.717) is 5.02 Å². The van der Waals surface area contributed by atoms with Crippen molar-refractivity contribution in [3.8, 4) is 0 Å². The molecule has 0 bridgehead atoms. The van der Waals surface area contributed by atoms with Gasteiger partial charge in [-0.1, -0.05) is 42.3 Å². The molecule has 17 heavy (non-hydrogen) atoms. The Morgan fingerprint density at radius 1 is 1.41 bits per heavy atom. The number of Topliss-reactive ketones (excluding diaryl/α,β-unsaturated/α-hetero) is 1. The number of hydrogen-bond acceptors (Lipinski definition) is 3. The van der Waals surface area contributed by atoms with E-state index in [0.717, 1.165) is 0 Å². The molecule has 1 aromatic rings. The van der Waals surface area contributed by atoms with Gasteiger partial charge in [0.2, 0.25) is 4.21 Å². The minimum atomic E-state index is -3.69. The fourth-order valence-corrected chi connectivity index (χ4v) is 2.87. The van der Waals surface area contributed by atoms with E-state index in [4.69, 9.17) is 23.2 Å². The van der Waals surface area contributed by atoms with Crippen molar-refractivity contribution < 1.29 is 13.2 Å². The maximum absolute atomic E-state index is 12.1. The third-order valence-electron chi connectivity index (χ3n) is 2.46. The molecule has 1 aromatic carbocycles. The first kappa shape index (κ1) is 14.5. The van der Waals surface area contributed by atoms with Gasteiger partial charge < -0.3 is 0 Å². The molecule has 0 aliphatic heterocycles. The van der Waals surface area contributed by atoms with E-state index in [1.54, 1.807) is 12.1 Å². The number of halogens is 2. The molecule has 0 aliphatic rings. The smallest absolute Gasteiger partial charge is 0.205 e. The largest absolute Gasteiger partial charge is 0.291 e. The van der Waals surface area contributed by atoms with Gasteiger partial charge in [0.1, 0.15) is 0 Å². The fraction of sp³-hybridized carbons (Fsp3) is 0.364. The number of carbonyl (C=O) groups excluding carboxylic acids is 1. The van der Waals surface area contributed by atoms with Crippen molar-refractivity contribution in [2.24, 2.45) is 0 Å². The van der Waals surface area contributed by atoms with Crippen LogP contribution in [0.1, 0.15) is 24.2 Å². The molecular formula is C11H12Cl2O3S. The number of rotatable bonds is 4. The van der Waals surface area contributed by atoms with Gasteiger partial charge in [0.25, 0.3) is 0 Å². The Bertz CT molecular complexity index is 535. The third kappa shape index (κ3) is 2.81. The molecule has 0 saturated heterocycles. The van der Waals surface area contributed by atoms with Crippen molar-refractivity contribution in [3.63, 3.8) is 0 Å². The summed E-state index contributed by atoms with van der Waals surface area (Å²) in [5, 5.41) is 0.359. The van der Waals surface area contributed by atoms with Crippen molar-refractivity contribution in [1.82, 2.24) is 0 Å². The molecule has 0 saturated carbocycles. The van der Waals surface area contributed by atoms with Gasteiger partial charge in [0, 0.05) is 16.3 Å². The second kappa shape index (κ2) is 4.96. The lowest BCUT2D eigenvalue weighted by atomic mass is 10.1. The van der Waals surface area contributed by atoms with Gasteiger partial charge in [0.15, 0.2) is 15.6 Å². The Balaban J connectivity index is 3.23. The molecule has 3 nitrogen and oxygen atoms in total. The third-order valence-corrected chi connectivity index (χ3v) is 5.68. The molecule has 0 aromatic heterocycles. The van der Waals surface area contributed by atoms with Crippen LogP contribution in [0, 0.1) is 0 Å². The lowest BCUT2D eigenvalue weighted by Crippen LogP contribution is -2.39. The first-order valence-electron chi connectivity index (χ1n) is 4.94. The van der Waals surface area contributed by atoms with Crippen LogP contribution in [0.2, 0.25) is 5.02 Å². The van der Waals surface area contributed by atoms with Gasteiger partial charge in [0.05, 0.1) is 0 Å². The lowest BCUT2D eigenvalue weighted by Gasteiger charge is -2.20. The minimum absolute atomic E-state index is 0.187. The summed E-state index contributed by atoms with van der Waals surface area (Å²) < 4.78 is 21.5. The predicted molar refractivity (Wildman–Crippen MR) is 69.5 cm³/mol. The van der Waals surface area contributed by atoms with E-state index in [1.165, 1.54) is 26.0 Å². The molecule has 0 heterocycles. The number of carbonyl (C=O) groups is 1. The second-order valence-electron chi connectivity index (χ2n) is 3.66. The van der Waals surface area contributed by atoms with E-state index >= 15 is 0 Å². The highest BCUT2D eigenvalue weighted by Gasteiger charge is 2.43. The molecule has 1 rings (SSSR count). The number of alkyl halides is 1. The van der Waals surface area contributed by atoms with Crippen molar-refractivity contribution in [3.05, 3.63) is 34.9 Å². The van der Waals surface area contributed by atoms with Gasteiger partial charge in [-0.2, -0.15) is 0 Å². The van der Waals surface area contributed by atoms with E-state index in [1.807, 2.05) is 0 Å². The second-order valence-corrected chi connectivity index (χ2v) is 7.70. The van der Waals surface area contributed by atoms with Crippen LogP contribution in [-0.4, -0.2) is 24.2 Å². The predicted octanol–water partition coefficient (Wildman–Crippen LogP) is 2.91. The monoisotopic (exact) mass is 294 g/mol. The maximum atomic E-state index is 12.1. The molecule has 6 heteroatoms. The highest BCUT2D eigenvalue weighted by Crippen LogP contribution is 2.28. The number of hydrogen-bond donors (Lipinski definition) is 0. The summed E-state index contributed by atoms with van der Waals surface area (Å²) >= 11 is 11.6. The van der Waals surface area contributed by atoms with Crippen molar-refractivity contribution in [2.75, 3.05) is 5.75 Å². The minimum Gasteiger partial charge on any atom is -0.291 e. The van der Waals surface area contributed by atoms with Crippen LogP contribution in [0.25, 0.3) is 0 Å². The lowest BCUT2D eigenvalue weighted by molar-refractivity contribution is 0.0978. The topological polar surface area (TPSA) is 51.2 Å². The van der Waals surface area contributed by atoms with Crippen molar-refractivity contribution in [2.45, 2.75) is 18.1 Å². The van der Waals surface area contributed by atoms with E-state index in [9.17, 15) is 13.2 Å². The van der Waals surface area contributed by atoms with Crippen LogP contribution in [0.3, 0.4) is 0 Å². The van der Waals surface area contributed by atoms with Crippen LogP contribution in [0.15, 0.2) is 24.3 Å². The van der Waals surface area contributed by atoms with E-state index < -0.39 is 19.8 Å². The summed E-state index contributed by atoms with van der Waals surface area (Å²) in [6.07, 6.45) is 0. The molecule has 0 fully saturated rings. The number of benzene rings is 1. The van der Waals surface area contributed by atoms with Gasteiger partial charge >= 0.3 is 0 Å². The Morgan fingerprint density at radius 2 is 2.00 bits per heavy atom. The maximum Gasteiger partial charge on any atom is 0.205 e. The average Bonchev–Trinajstić information content (AvgIpc) is 2.27. The molecule has 1 atom stereocenters. The van der Waals surface area contributed by atoms with E-state index in [2.05, 4.69) is 0 Å². The summed E-state index contributed by atoms with van der Waals surface area (Å²) in [6.45, 7) is 2.64. The SMILES string of the molecule is CCS(=O)(=O)C(C)(Cl)C(=O)c1cccc(Cl)c1. The highest BCUT2D eigenvalue weighted by molar-refractivity contribution is 7.95. The molecular weight excluding hydrogens is 283 g/mol. The molecule has 0 radical (unpaired) electrons. The molecule has 0 spiro atoms. The summed E-state index contributed by atoms with van der Waals surface area (Å²) in [4.78, 5) is 12.1. The van der Waals surface area contributed by atoms with Crippen LogP contribution >= 0.6 is 23.2 Å². The Hall–Kier alpha value is -0.580. The fourth-order valence-electron chi connectivity index (χ4n) is 1.30. The van der Waals surface area contributed by atoms with Crippen molar-refractivity contribution in [1.29, 1.82) is 0 Å². The van der Waals surface area contributed by atoms with Crippen LogP contribution in [0.4, 0.5) is 0 Å². The molecule has 94 valence electrons. The first-order valence-corrected chi connectivity index (χ1v) is 7.34. The summed E-state index contributed by atoms with van der Waals surface area (Å²) in [6, 6.07) is 6.05. The summed E-state index contributed by atoms with van der Waals surface area (Å²) in [7, 11) is -3.69. The molecule has 0 aliphatic carbocycles. The Morgan fingerprint density at radius 3 is 2.47 bits per heavy atom. The summed E-state index contributed by atoms with van der Waals surface area (Å²) in [5.74, 6) is -0.859. The average molecular weight is 295 g/mol. The normalized spacial score (nSPS) is 15.3. The quantitative estimate of drug-likeness (QED) is 0.634. The zero-order valence-electron chi connectivity index (χ0n) is 9.41. The van der Waals surface area contributed by atoms with Gasteiger partial charge in [-0.3, -0.25) is 4.79 Å². The van der Waals surface area contributed by atoms with Crippen LogP contribution in [0.5, 0.6) is 0 Å². The highest BCUT2D eigenvalue weighted by atomic mass is 35.5. The number of ketones is 1. The van der Waals surface area contributed by atoms with E-state index in [-0.39, 0.29) is 11.3 Å². The van der Waals surface area contributed by atoms with Gasteiger partial charge in [-0.25, -0.2) is 8.42 Å². The summed E-state index contributed by atoms with van der Waals surface area (Å²) in [5.41, 5.74) is 0.187. The number of sulfone groups is 1. The molecule has 0 amide bonds. The molecule has 1 unspecified atom stereocenters. The standard InChI is InChI=1S/C11H12Cl2O3S/c1-3-17(15,16)11(2,13)10(14)8-5-4-6-9(12)7-8/h4-7H,3H2,1-2H3. The van der Waals surface area contributed by atoms with Gasteiger partial charge in [-0.05, 0) is 19.1 Å². The van der Waals surface area contributed by atoms with Gasteiger partial charge in [-0.15, -0.1) is 0 Å².